The van der Waals surface area contributed by atoms with Crippen molar-refractivity contribution in [1.82, 2.24) is 4.90 Å². The number of rotatable bonds is 8. The summed E-state index contributed by atoms with van der Waals surface area (Å²) < 4.78 is 5.46. The van der Waals surface area contributed by atoms with Crippen LogP contribution in [0.1, 0.15) is 39.0 Å². The van der Waals surface area contributed by atoms with E-state index in [-0.39, 0.29) is 5.91 Å². The molecule has 0 aliphatic heterocycles. The highest BCUT2D eigenvalue weighted by atomic mass is 16.5. The van der Waals surface area contributed by atoms with Gasteiger partial charge in [0.2, 0.25) is 5.91 Å². The van der Waals surface area contributed by atoms with Crippen LogP contribution in [0.5, 0.6) is 0 Å². The number of hydrogen-bond donors (Lipinski definition) is 0. The molecule has 0 unspecified atom stereocenters. The van der Waals surface area contributed by atoms with Crippen molar-refractivity contribution in [1.29, 1.82) is 0 Å². The summed E-state index contributed by atoms with van der Waals surface area (Å²) in [7, 11) is 0. The summed E-state index contributed by atoms with van der Waals surface area (Å²) >= 11 is 0. The third kappa shape index (κ3) is 4.12. The number of amides is 1. The Bertz CT molecular complexity index is 234. The van der Waals surface area contributed by atoms with E-state index in [9.17, 15) is 4.79 Å². The lowest BCUT2D eigenvalue weighted by molar-refractivity contribution is -0.136. The van der Waals surface area contributed by atoms with Gasteiger partial charge in [-0.1, -0.05) is 6.92 Å². The highest BCUT2D eigenvalue weighted by Gasteiger charge is 2.27. The molecule has 2 aliphatic rings. The van der Waals surface area contributed by atoms with E-state index < -0.39 is 0 Å². The van der Waals surface area contributed by atoms with E-state index >= 15 is 0 Å². The Labute approximate surface area is 98.1 Å². The van der Waals surface area contributed by atoms with Crippen LogP contribution in [-0.2, 0) is 9.53 Å². The number of carbonyl (C=O) groups is 1. The van der Waals surface area contributed by atoms with Crippen LogP contribution in [0.15, 0.2) is 0 Å². The maximum absolute atomic E-state index is 11.9. The molecule has 3 nitrogen and oxygen atoms in total. The molecule has 1 amide bonds. The van der Waals surface area contributed by atoms with E-state index in [1.165, 1.54) is 25.7 Å². The molecule has 0 spiro atoms. The molecule has 0 radical (unpaired) electrons. The molecule has 2 fully saturated rings. The predicted octanol–water partition coefficient (Wildman–Crippen LogP) is 2.06. The lowest BCUT2D eigenvalue weighted by Crippen LogP contribution is -2.36. The van der Waals surface area contributed by atoms with Crippen molar-refractivity contribution in [3.63, 3.8) is 0 Å². The maximum Gasteiger partial charge on any atom is 0.248 e. The zero-order valence-corrected chi connectivity index (χ0v) is 10.3. The van der Waals surface area contributed by atoms with Crippen molar-refractivity contribution < 1.29 is 9.53 Å². The van der Waals surface area contributed by atoms with Crippen LogP contribution in [0, 0.1) is 11.8 Å². The summed E-state index contributed by atoms with van der Waals surface area (Å²) in [5.74, 6) is 1.71. The Morgan fingerprint density at radius 3 is 2.50 bits per heavy atom. The first-order valence-corrected chi connectivity index (χ1v) is 6.65. The molecule has 0 aromatic carbocycles. The van der Waals surface area contributed by atoms with Crippen LogP contribution in [0.3, 0.4) is 0 Å². The molecule has 0 bridgehead atoms. The molecule has 3 heteroatoms. The quantitative estimate of drug-likeness (QED) is 0.633. The monoisotopic (exact) mass is 225 g/mol. The van der Waals surface area contributed by atoms with Crippen LogP contribution in [0.4, 0.5) is 0 Å². The van der Waals surface area contributed by atoms with E-state index in [4.69, 9.17) is 4.74 Å². The largest absolute Gasteiger partial charge is 0.371 e. The first-order valence-electron chi connectivity index (χ1n) is 6.65. The van der Waals surface area contributed by atoms with Crippen molar-refractivity contribution in [3.8, 4) is 0 Å². The Balaban J connectivity index is 1.64. The Kier molecular flexibility index (Phi) is 4.22. The fraction of sp³-hybridized carbons (Fsp3) is 0.923. The van der Waals surface area contributed by atoms with E-state index in [0.717, 1.165) is 38.0 Å². The first kappa shape index (κ1) is 11.9. The van der Waals surface area contributed by atoms with Gasteiger partial charge in [-0.15, -0.1) is 0 Å². The van der Waals surface area contributed by atoms with Crippen LogP contribution < -0.4 is 0 Å². The molecule has 92 valence electrons. The molecule has 2 aliphatic carbocycles. The van der Waals surface area contributed by atoms with E-state index in [2.05, 4.69) is 6.92 Å². The average Bonchev–Trinajstić information content (AvgIpc) is 3.12. The fourth-order valence-corrected chi connectivity index (χ4v) is 1.89. The first-order chi connectivity index (χ1) is 7.79. The van der Waals surface area contributed by atoms with Gasteiger partial charge in [0.25, 0.3) is 0 Å². The molecular weight excluding hydrogens is 202 g/mol. The molecule has 0 saturated heterocycles. The van der Waals surface area contributed by atoms with Gasteiger partial charge in [-0.2, -0.15) is 0 Å². The minimum absolute atomic E-state index is 0.189. The number of hydrogen-bond acceptors (Lipinski definition) is 2. The Hall–Kier alpha value is -0.570. The van der Waals surface area contributed by atoms with Gasteiger partial charge in [-0.05, 0) is 43.9 Å². The summed E-state index contributed by atoms with van der Waals surface area (Å²) in [6, 6.07) is 0. The van der Waals surface area contributed by atoms with Crippen molar-refractivity contribution in [2.75, 3.05) is 26.3 Å². The molecule has 0 heterocycles. The minimum atomic E-state index is 0.189. The lowest BCUT2D eigenvalue weighted by atomic mass is 10.3. The summed E-state index contributed by atoms with van der Waals surface area (Å²) in [6.07, 6.45) is 6.22. The summed E-state index contributed by atoms with van der Waals surface area (Å²) in [5.41, 5.74) is 0. The standard InChI is InChI=1S/C13H23NO2/c1-2-7-14(8-11-3-4-11)13(15)10-16-9-12-5-6-12/h11-12H,2-10H2,1H3. The van der Waals surface area contributed by atoms with Gasteiger partial charge < -0.3 is 9.64 Å². The van der Waals surface area contributed by atoms with Crippen molar-refractivity contribution in [2.45, 2.75) is 39.0 Å². The van der Waals surface area contributed by atoms with E-state index in [1.54, 1.807) is 0 Å². The second-order valence-electron chi connectivity index (χ2n) is 5.24. The minimum Gasteiger partial charge on any atom is -0.371 e. The molecule has 0 aromatic heterocycles. The van der Waals surface area contributed by atoms with Gasteiger partial charge in [0.05, 0.1) is 6.61 Å². The number of ether oxygens (including phenoxy) is 1. The second kappa shape index (κ2) is 5.67. The molecule has 2 saturated carbocycles. The zero-order chi connectivity index (χ0) is 11.4. The van der Waals surface area contributed by atoms with Gasteiger partial charge in [0, 0.05) is 13.1 Å². The van der Waals surface area contributed by atoms with Crippen LogP contribution >= 0.6 is 0 Å². The highest BCUT2D eigenvalue weighted by Crippen LogP contribution is 2.30. The highest BCUT2D eigenvalue weighted by molar-refractivity contribution is 5.77. The lowest BCUT2D eigenvalue weighted by Gasteiger charge is -2.21. The van der Waals surface area contributed by atoms with Gasteiger partial charge in [-0.25, -0.2) is 0 Å². The van der Waals surface area contributed by atoms with E-state index in [1.807, 2.05) is 4.90 Å². The van der Waals surface area contributed by atoms with Crippen LogP contribution in [-0.4, -0.2) is 37.1 Å². The maximum atomic E-state index is 11.9. The zero-order valence-electron chi connectivity index (χ0n) is 10.3. The van der Waals surface area contributed by atoms with Gasteiger partial charge in [0.1, 0.15) is 6.61 Å². The Morgan fingerprint density at radius 2 is 1.94 bits per heavy atom. The van der Waals surface area contributed by atoms with Crippen molar-refractivity contribution in [3.05, 3.63) is 0 Å². The van der Waals surface area contributed by atoms with Crippen molar-refractivity contribution >= 4 is 5.91 Å². The summed E-state index contributed by atoms with van der Waals surface area (Å²) in [6.45, 7) is 5.05. The van der Waals surface area contributed by atoms with Gasteiger partial charge >= 0.3 is 0 Å². The molecule has 0 N–H and O–H groups in total. The van der Waals surface area contributed by atoms with Gasteiger partial charge in [-0.3, -0.25) is 4.79 Å². The smallest absolute Gasteiger partial charge is 0.248 e. The van der Waals surface area contributed by atoms with Crippen LogP contribution in [0.2, 0.25) is 0 Å². The molecule has 0 atom stereocenters. The molecular formula is C13H23NO2. The second-order valence-corrected chi connectivity index (χ2v) is 5.24. The fourth-order valence-electron chi connectivity index (χ4n) is 1.89. The van der Waals surface area contributed by atoms with Gasteiger partial charge in [0.15, 0.2) is 0 Å². The van der Waals surface area contributed by atoms with Crippen molar-refractivity contribution in [2.24, 2.45) is 11.8 Å². The number of nitrogens with zero attached hydrogens (tertiary/aromatic N) is 1. The predicted molar refractivity (Wildman–Crippen MR) is 63.1 cm³/mol. The normalized spacial score (nSPS) is 19.8. The van der Waals surface area contributed by atoms with Crippen LogP contribution in [0.25, 0.3) is 0 Å². The Morgan fingerprint density at radius 1 is 1.25 bits per heavy atom. The molecule has 2 rings (SSSR count). The topological polar surface area (TPSA) is 29.5 Å². The van der Waals surface area contributed by atoms with E-state index in [0.29, 0.717) is 6.61 Å². The SMILES string of the molecule is CCCN(CC1CC1)C(=O)COCC1CC1. The summed E-state index contributed by atoms with van der Waals surface area (Å²) in [5, 5.41) is 0. The summed E-state index contributed by atoms with van der Waals surface area (Å²) in [4.78, 5) is 13.9. The third-order valence-corrected chi connectivity index (χ3v) is 3.30. The molecule has 16 heavy (non-hydrogen) atoms. The average molecular weight is 225 g/mol. The third-order valence-electron chi connectivity index (χ3n) is 3.30. The number of carbonyl (C=O) groups excluding carboxylic acids is 1. The molecule has 0 aromatic rings.